The van der Waals surface area contributed by atoms with Gasteiger partial charge < -0.3 is 39.8 Å². The Morgan fingerprint density at radius 2 is 1.32 bits per heavy atom. The number of unbranched alkanes of at least 4 members (excludes halogenated alkanes) is 1. The molecule has 0 aliphatic carbocycles. The van der Waals surface area contributed by atoms with Gasteiger partial charge in [0, 0.05) is 38.2 Å². The van der Waals surface area contributed by atoms with Gasteiger partial charge in [-0.05, 0) is 52.4 Å². The number of hydrogen-bond donors (Lipinski definition) is 5. The fourth-order valence-corrected chi connectivity index (χ4v) is 5.37. The minimum atomic E-state index is -0.730. The zero-order chi connectivity index (χ0) is 25.8. The van der Waals surface area contributed by atoms with Crippen molar-refractivity contribution in [3.8, 4) is 0 Å². The summed E-state index contributed by atoms with van der Waals surface area (Å²) in [5.74, 6) is -0.0119. The van der Waals surface area contributed by atoms with Crippen molar-refractivity contribution in [2.45, 2.75) is 109 Å². The van der Waals surface area contributed by atoms with Gasteiger partial charge in [0.15, 0.2) is 0 Å². The van der Waals surface area contributed by atoms with Crippen molar-refractivity contribution in [2.75, 3.05) is 20.3 Å². The summed E-state index contributed by atoms with van der Waals surface area (Å²) in [7, 11) is 1.00. The molecule has 0 aromatic heterocycles. The quantitative estimate of drug-likeness (QED) is 0.224. The Labute approximate surface area is 203 Å². The number of Topliss-reactive ketones (excluding diaryl/α,β-unsaturated/α-hetero) is 2. The van der Waals surface area contributed by atoms with Crippen molar-refractivity contribution in [1.82, 2.24) is 0 Å². The average Bonchev–Trinajstić information content (AvgIpc) is 3.24. The smallest absolute Gasteiger partial charge is 0.133 e. The van der Waals surface area contributed by atoms with E-state index in [2.05, 4.69) is 0 Å². The summed E-state index contributed by atoms with van der Waals surface area (Å²) >= 11 is 0. The van der Waals surface area contributed by atoms with Crippen LogP contribution in [0, 0.1) is 17.8 Å². The molecule has 0 aromatic rings. The van der Waals surface area contributed by atoms with Crippen molar-refractivity contribution >= 4 is 11.6 Å². The van der Waals surface area contributed by atoms with Crippen LogP contribution < -0.4 is 0 Å². The van der Waals surface area contributed by atoms with Gasteiger partial charge in [-0.15, -0.1) is 0 Å². The van der Waals surface area contributed by atoms with Crippen LogP contribution in [0.4, 0.5) is 0 Å². The molecule has 2 fully saturated rings. The maximum Gasteiger partial charge on any atom is 0.133 e. The fraction of sp³-hybridized carbons (Fsp3) is 0.920. The SMILES string of the molecule is CC(=O)CC(CC[C@H]1C(O)[C@@H](CO)O[C@H]1C)CC(=O)CCCC[C@H]1C(O)[C@@H](CO)O[C@H]1C.CO. The summed E-state index contributed by atoms with van der Waals surface area (Å²) in [4.78, 5) is 24.3. The molecule has 0 bridgehead atoms. The third kappa shape index (κ3) is 9.26. The number of rotatable bonds is 14. The van der Waals surface area contributed by atoms with E-state index in [0.717, 1.165) is 26.4 Å². The van der Waals surface area contributed by atoms with E-state index in [9.17, 15) is 30.0 Å². The second-order valence-corrected chi connectivity index (χ2v) is 9.77. The van der Waals surface area contributed by atoms with Crippen LogP contribution in [0.15, 0.2) is 0 Å². The second kappa shape index (κ2) is 15.9. The van der Waals surface area contributed by atoms with Crippen LogP contribution in [0.1, 0.15) is 72.1 Å². The highest BCUT2D eigenvalue weighted by Gasteiger charge is 2.41. The van der Waals surface area contributed by atoms with E-state index in [0.29, 0.717) is 32.1 Å². The first-order valence-corrected chi connectivity index (χ1v) is 12.5. The largest absolute Gasteiger partial charge is 0.400 e. The van der Waals surface area contributed by atoms with Gasteiger partial charge in [-0.3, -0.25) is 4.79 Å². The van der Waals surface area contributed by atoms with Crippen LogP contribution >= 0.6 is 0 Å². The minimum absolute atomic E-state index is 0.0301. The van der Waals surface area contributed by atoms with E-state index in [-0.39, 0.29) is 54.7 Å². The Balaban J connectivity index is 0.00000281. The van der Waals surface area contributed by atoms with Crippen molar-refractivity contribution in [3.63, 3.8) is 0 Å². The second-order valence-electron chi connectivity index (χ2n) is 9.77. The Bertz CT molecular complexity index is 599. The van der Waals surface area contributed by atoms with Crippen LogP contribution in [0.5, 0.6) is 0 Å². The summed E-state index contributed by atoms with van der Waals surface area (Å²) in [6, 6.07) is 0. The van der Waals surface area contributed by atoms with Crippen LogP contribution in [-0.2, 0) is 19.1 Å². The third-order valence-corrected chi connectivity index (χ3v) is 7.23. The van der Waals surface area contributed by atoms with E-state index in [1.165, 1.54) is 6.92 Å². The monoisotopic (exact) mass is 490 g/mol. The van der Waals surface area contributed by atoms with E-state index < -0.39 is 24.4 Å². The van der Waals surface area contributed by atoms with Crippen LogP contribution in [0.2, 0.25) is 0 Å². The van der Waals surface area contributed by atoms with Gasteiger partial charge in [0.05, 0.1) is 37.6 Å². The van der Waals surface area contributed by atoms with Crippen molar-refractivity contribution in [2.24, 2.45) is 17.8 Å². The summed E-state index contributed by atoms with van der Waals surface area (Å²) < 4.78 is 11.2. The maximum atomic E-state index is 12.6. The summed E-state index contributed by atoms with van der Waals surface area (Å²) in [6.07, 6.45) is 1.92. The Kier molecular flexibility index (Phi) is 14.6. The molecule has 2 rings (SSSR count). The van der Waals surface area contributed by atoms with Crippen molar-refractivity contribution in [3.05, 3.63) is 0 Å². The number of aliphatic hydroxyl groups excluding tert-OH is 5. The number of carbonyl (C=O) groups excluding carboxylic acids is 2. The molecule has 2 saturated heterocycles. The average molecular weight is 491 g/mol. The molecule has 0 amide bonds. The van der Waals surface area contributed by atoms with Gasteiger partial charge in [-0.25, -0.2) is 0 Å². The highest BCUT2D eigenvalue weighted by Crippen LogP contribution is 2.33. The molecular weight excluding hydrogens is 444 g/mol. The first-order valence-electron chi connectivity index (χ1n) is 12.5. The van der Waals surface area contributed by atoms with Gasteiger partial charge in [-0.1, -0.05) is 6.42 Å². The number of ether oxygens (including phenoxy) is 2. The molecule has 34 heavy (non-hydrogen) atoms. The highest BCUT2D eigenvalue weighted by molar-refractivity contribution is 5.80. The lowest BCUT2D eigenvalue weighted by Crippen LogP contribution is -2.30. The molecule has 9 heteroatoms. The van der Waals surface area contributed by atoms with Gasteiger partial charge in [-0.2, -0.15) is 0 Å². The first-order chi connectivity index (χ1) is 16.2. The summed E-state index contributed by atoms with van der Waals surface area (Å²) in [5, 5.41) is 46.1. The Morgan fingerprint density at radius 1 is 0.824 bits per heavy atom. The Hall–Kier alpha value is -0.940. The molecular formula is C25H46O9. The lowest BCUT2D eigenvalue weighted by molar-refractivity contribution is -0.121. The number of aliphatic hydroxyl groups is 5. The lowest BCUT2D eigenvalue weighted by Gasteiger charge is -2.21. The number of hydrogen-bond acceptors (Lipinski definition) is 9. The molecule has 2 aliphatic heterocycles. The standard InChI is InChI=1S/C24H42O8.CH4O/c1-14(27)10-17(8-9-20-16(3)32-22(13-26)24(20)30)11-18(28)6-4-5-7-19-15(2)31-21(12-25)23(19)29;1-2/h15-17,19-26,29-30H,4-13H2,1-3H3;2H,1H3/t15-,16-,17?,19+,20+,21+,22+,23?,24?;/m0./s1. The summed E-state index contributed by atoms with van der Waals surface area (Å²) in [6.45, 7) is 4.90. The molecule has 0 radical (unpaired) electrons. The molecule has 2 heterocycles. The minimum Gasteiger partial charge on any atom is -0.400 e. The highest BCUT2D eigenvalue weighted by atomic mass is 16.5. The van der Waals surface area contributed by atoms with Crippen LogP contribution in [-0.4, -0.2) is 94.0 Å². The predicted molar refractivity (Wildman–Crippen MR) is 126 cm³/mol. The van der Waals surface area contributed by atoms with Crippen molar-refractivity contribution < 1.29 is 44.6 Å². The summed E-state index contributed by atoms with van der Waals surface area (Å²) in [5.41, 5.74) is 0. The number of ketones is 2. The lowest BCUT2D eigenvalue weighted by atomic mass is 9.84. The molecule has 5 N–H and O–H groups in total. The van der Waals surface area contributed by atoms with Crippen molar-refractivity contribution in [1.29, 1.82) is 0 Å². The van der Waals surface area contributed by atoms with E-state index in [4.69, 9.17) is 14.6 Å². The number of carbonyl (C=O) groups is 2. The maximum absolute atomic E-state index is 12.6. The Morgan fingerprint density at radius 3 is 1.76 bits per heavy atom. The van der Waals surface area contributed by atoms with Gasteiger partial charge >= 0.3 is 0 Å². The van der Waals surface area contributed by atoms with Gasteiger partial charge in [0.25, 0.3) is 0 Å². The molecule has 0 aromatic carbocycles. The molecule has 2 aliphatic rings. The molecule has 3 unspecified atom stereocenters. The topological polar surface area (TPSA) is 154 Å². The van der Waals surface area contributed by atoms with Gasteiger partial charge in [0.2, 0.25) is 0 Å². The van der Waals surface area contributed by atoms with Gasteiger partial charge in [0.1, 0.15) is 23.8 Å². The normalized spacial score (nSPS) is 33.9. The zero-order valence-electron chi connectivity index (χ0n) is 21.1. The first kappa shape index (κ1) is 31.1. The predicted octanol–water partition coefficient (Wildman–Crippen LogP) is 1.00. The van der Waals surface area contributed by atoms with Crippen LogP contribution in [0.25, 0.3) is 0 Å². The van der Waals surface area contributed by atoms with E-state index in [1.807, 2.05) is 13.8 Å². The molecule has 0 spiro atoms. The van der Waals surface area contributed by atoms with E-state index in [1.54, 1.807) is 0 Å². The molecule has 9 nitrogen and oxygen atoms in total. The zero-order valence-corrected chi connectivity index (χ0v) is 21.1. The van der Waals surface area contributed by atoms with E-state index >= 15 is 0 Å². The van der Waals surface area contributed by atoms with Crippen LogP contribution in [0.3, 0.4) is 0 Å². The molecule has 0 saturated carbocycles. The molecule has 9 atom stereocenters. The fourth-order valence-electron chi connectivity index (χ4n) is 5.37. The molecule has 200 valence electrons. The third-order valence-electron chi connectivity index (χ3n) is 7.23.